The Kier molecular flexibility index (Phi) is 7.95. The second-order valence-electron chi connectivity index (χ2n) is 7.46. The number of nitrogens with zero attached hydrogens (tertiary/aromatic N) is 2. The maximum absolute atomic E-state index is 3.50. The number of hydrogen-bond donors (Lipinski definition) is 2. The molecule has 4 nitrogen and oxygen atoms in total. The molecule has 1 heterocycles. The molecule has 0 radical (unpaired) electrons. The van der Waals surface area contributed by atoms with Gasteiger partial charge in [-0.05, 0) is 31.0 Å². The van der Waals surface area contributed by atoms with Gasteiger partial charge in [-0.2, -0.15) is 0 Å². The summed E-state index contributed by atoms with van der Waals surface area (Å²) in [6, 6.07) is 0. The van der Waals surface area contributed by atoms with Crippen LogP contribution in [-0.2, 0) is 0 Å². The van der Waals surface area contributed by atoms with E-state index in [1.165, 1.54) is 5.57 Å². The molecule has 24 heavy (non-hydrogen) atoms. The van der Waals surface area contributed by atoms with E-state index in [1.54, 1.807) is 0 Å². The van der Waals surface area contributed by atoms with E-state index in [4.69, 9.17) is 0 Å². The lowest BCUT2D eigenvalue weighted by Crippen LogP contribution is -2.60. The summed E-state index contributed by atoms with van der Waals surface area (Å²) < 4.78 is 0. The molecule has 2 rings (SSSR count). The van der Waals surface area contributed by atoms with Gasteiger partial charge in [-0.15, -0.1) is 0 Å². The summed E-state index contributed by atoms with van der Waals surface area (Å²) >= 11 is 0. The molecule has 0 spiro atoms. The Morgan fingerprint density at radius 2 is 2.04 bits per heavy atom. The number of rotatable bonds is 9. The van der Waals surface area contributed by atoms with Gasteiger partial charge in [-0.25, -0.2) is 0 Å². The van der Waals surface area contributed by atoms with Crippen LogP contribution in [0.15, 0.2) is 23.8 Å². The molecule has 1 aliphatic heterocycles. The van der Waals surface area contributed by atoms with Gasteiger partial charge in [-0.1, -0.05) is 45.9 Å². The van der Waals surface area contributed by atoms with E-state index in [2.05, 4.69) is 66.4 Å². The second kappa shape index (κ2) is 9.71. The SMILES string of the molecule is CCNCCN(CC)CC1(N2CCNCC2)C=CC(C(C)C)=CC1. The van der Waals surface area contributed by atoms with Crippen molar-refractivity contribution < 1.29 is 0 Å². The molecule has 1 fully saturated rings. The predicted molar refractivity (Wildman–Crippen MR) is 105 cm³/mol. The molecule has 138 valence electrons. The van der Waals surface area contributed by atoms with Crippen molar-refractivity contribution in [3.8, 4) is 0 Å². The monoisotopic (exact) mass is 334 g/mol. The minimum atomic E-state index is 0.169. The van der Waals surface area contributed by atoms with E-state index in [0.29, 0.717) is 5.92 Å². The van der Waals surface area contributed by atoms with E-state index in [0.717, 1.165) is 65.3 Å². The fourth-order valence-electron chi connectivity index (χ4n) is 3.82. The van der Waals surface area contributed by atoms with Crippen molar-refractivity contribution in [1.29, 1.82) is 0 Å². The van der Waals surface area contributed by atoms with Crippen LogP contribution in [-0.4, -0.2) is 74.2 Å². The lowest BCUT2D eigenvalue weighted by atomic mass is 9.83. The van der Waals surface area contributed by atoms with Gasteiger partial charge in [0.25, 0.3) is 0 Å². The first-order chi connectivity index (χ1) is 11.6. The molecule has 4 heteroatoms. The molecular formula is C20H38N4. The van der Waals surface area contributed by atoms with Crippen molar-refractivity contribution >= 4 is 0 Å². The maximum atomic E-state index is 3.50. The molecule has 0 aromatic heterocycles. The van der Waals surface area contributed by atoms with Gasteiger partial charge in [0, 0.05) is 45.8 Å². The molecule has 0 aromatic carbocycles. The summed E-state index contributed by atoms with van der Waals surface area (Å²) in [5, 5.41) is 6.97. The van der Waals surface area contributed by atoms with Gasteiger partial charge in [-0.3, -0.25) is 4.90 Å². The zero-order valence-electron chi connectivity index (χ0n) is 16.3. The van der Waals surface area contributed by atoms with Gasteiger partial charge >= 0.3 is 0 Å². The first-order valence-electron chi connectivity index (χ1n) is 9.89. The molecule has 0 amide bonds. The third-order valence-corrected chi connectivity index (χ3v) is 5.49. The summed E-state index contributed by atoms with van der Waals surface area (Å²) in [6.45, 7) is 19.1. The summed E-state index contributed by atoms with van der Waals surface area (Å²) in [5.74, 6) is 0.623. The number of likely N-dealkylation sites (N-methyl/N-ethyl adjacent to an activating group) is 2. The molecule has 1 saturated heterocycles. The van der Waals surface area contributed by atoms with Crippen LogP contribution in [0.2, 0.25) is 0 Å². The smallest absolute Gasteiger partial charge is 0.0557 e. The number of hydrogen-bond acceptors (Lipinski definition) is 4. The van der Waals surface area contributed by atoms with Crippen LogP contribution in [0.3, 0.4) is 0 Å². The lowest BCUT2D eigenvalue weighted by Gasteiger charge is -2.47. The second-order valence-corrected chi connectivity index (χ2v) is 7.46. The summed E-state index contributed by atoms with van der Waals surface area (Å²) in [4.78, 5) is 5.33. The highest BCUT2D eigenvalue weighted by Gasteiger charge is 2.37. The molecule has 0 bridgehead atoms. The van der Waals surface area contributed by atoms with Crippen LogP contribution in [0.5, 0.6) is 0 Å². The van der Waals surface area contributed by atoms with Gasteiger partial charge in [0.05, 0.1) is 5.54 Å². The van der Waals surface area contributed by atoms with E-state index >= 15 is 0 Å². The van der Waals surface area contributed by atoms with Crippen molar-refractivity contribution in [3.63, 3.8) is 0 Å². The Balaban J connectivity index is 2.10. The Hall–Kier alpha value is -0.680. The van der Waals surface area contributed by atoms with Gasteiger partial charge < -0.3 is 15.5 Å². The largest absolute Gasteiger partial charge is 0.316 e. The van der Waals surface area contributed by atoms with Crippen LogP contribution in [0.25, 0.3) is 0 Å². The number of piperazine rings is 1. The van der Waals surface area contributed by atoms with Crippen LogP contribution in [0, 0.1) is 5.92 Å². The highest BCUT2D eigenvalue weighted by molar-refractivity contribution is 5.31. The predicted octanol–water partition coefficient (Wildman–Crippen LogP) is 2.10. The topological polar surface area (TPSA) is 30.5 Å². The molecule has 2 N–H and O–H groups in total. The maximum Gasteiger partial charge on any atom is 0.0557 e. The first-order valence-corrected chi connectivity index (χ1v) is 9.89. The van der Waals surface area contributed by atoms with Gasteiger partial charge in [0.2, 0.25) is 0 Å². The minimum Gasteiger partial charge on any atom is -0.316 e. The standard InChI is InChI=1S/C20H38N4/c1-5-21-11-14-23(6-2)17-20(24-15-12-22-13-16-24)9-7-19(8-10-20)18(3)4/h7-9,18,21-22H,5-6,10-17H2,1-4H3. The Morgan fingerprint density at radius 1 is 1.29 bits per heavy atom. The number of allylic oxidation sites excluding steroid dienone is 2. The van der Waals surface area contributed by atoms with Crippen molar-refractivity contribution in [2.45, 2.75) is 39.7 Å². The van der Waals surface area contributed by atoms with Crippen LogP contribution < -0.4 is 10.6 Å². The van der Waals surface area contributed by atoms with E-state index in [1.807, 2.05) is 0 Å². The average molecular weight is 335 g/mol. The van der Waals surface area contributed by atoms with Crippen molar-refractivity contribution in [2.75, 3.05) is 58.9 Å². The highest BCUT2D eigenvalue weighted by Crippen LogP contribution is 2.31. The van der Waals surface area contributed by atoms with Crippen molar-refractivity contribution in [2.24, 2.45) is 5.92 Å². The normalized spacial score (nSPS) is 25.5. The zero-order valence-corrected chi connectivity index (χ0v) is 16.3. The van der Waals surface area contributed by atoms with Crippen LogP contribution >= 0.6 is 0 Å². The zero-order chi connectivity index (χ0) is 17.4. The molecule has 0 saturated carbocycles. The van der Waals surface area contributed by atoms with Crippen molar-refractivity contribution in [3.05, 3.63) is 23.8 Å². The molecule has 1 unspecified atom stereocenters. The Bertz CT molecular complexity index is 423. The lowest BCUT2D eigenvalue weighted by molar-refractivity contribution is 0.0733. The quantitative estimate of drug-likeness (QED) is 0.632. The molecule has 2 aliphatic rings. The minimum absolute atomic E-state index is 0.169. The summed E-state index contributed by atoms with van der Waals surface area (Å²) in [7, 11) is 0. The molecule has 0 aromatic rings. The average Bonchev–Trinajstić information content (AvgIpc) is 2.62. The van der Waals surface area contributed by atoms with E-state index in [-0.39, 0.29) is 5.54 Å². The van der Waals surface area contributed by atoms with Crippen LogP contribution in [0.1, 0.15) is 34.1 Å². The van der Waals surface area contributed by atoms with E-state index in [9.17, 15) is 0 Å². The van der Waals surface area contributed by atoms with E-state index < -0.39 is 0 Å². The number of nitrogens with one attached hydrogen (secondary N) is 2. The molecule has 1 atom stereocenters. The Morgan fingerprint density at radius 3 is 2.58 bits per heavy atom. The first kappa shape index (κ1) is 19.6. The third-order valence-electron chi connectivity index (χ3n) is 5.49. The van der Waals surface area contributed by atoms with Gasteiger partial charge in [0.1, 0.15) is 0 Å². The highest BCUT2D eigenvalue weighted by atomic mass is 15.3. The fraction of sp³-hybridized carbons (Fsp3) is 0.800. The summed E-state index contributed by atoms with van der Waals surface area (Å²) in [6.07, 6.45) is 8.55. The third kappa shape index (κ3) is 5.16. The van der Waals surface area contributed by atoms with Crippen LogP contribution in [0.4, 0.5) is 0 Å². The Labute approximate surface area is 149 Å². The fourth-order valence-corrected chi connectivity index (χ4v) is 3.82. The molecular weight excluding hydrogens is 296 g/mol. The van der Waals surface area contributed by atoms with Crippen molar-refractivity contribution in [1.82, 2.24) is 20.4 Å². The van der Waals surface area contributed by atoms with Gasteiger partial charge in [0.15, 0.2) is 0 Å². The molecule has 1 aliphatic carbocycles. The summed E-state index contributed by atoms with van der Waals surface area (Å²) in [5.41, 5.74) is 1.67.